The van der Waals surface area contributed by atoms with Crippen molar-refractivity contribution < 1.29 is 9.31 Å². The summed E-state index contributed by atoms with van der Waals surface area (Å²) in [5.74, 6) is 0. The third-order valence-electron chi connectivity index (χ3n) is 8.93. The van der Waals surface area contributed by atoms with Gasteiger partial charge in [-0.1, -0.05) is 75.8 Å². The third kappa shape index (κ3) is 4.37. The van der Waals surface area contributed by atoms with Crippen LogP contribution in [0.1, 0.15) is 27.7 Å². The molecule has 0 bridgehead atoms. The van der Waals surface area contributed by atoms with E-state index in [1.807, 2.05) is 30.3 Å². The van der Waals surface area contributed by atoms with Gasteiger partial charge in [-0.15, -0.1) is 10.9 Å². The van der Waals surface area contributed by atoms with Gasteiger partial charge >= 0.3 is 7.12 Å². The largest absolute Gasteiger partial charge is 0.495 e. The molecule has 5 aromatic carbocycles. The second kappa shape index (κ2) is 10.1. The van der Waals surface area contributed by atoms with E-state index in [2.05, 4.69) is 58.0 Å². The molecule has 14 radical (unpaired) electrons. The van der Waals surface area contributed by atoms with E-state index >= 15 is 0 Å². The molecule has 5 aromatic rings. The van der Waals surface area contributed by atoms with Gasteiger partial charge in [0.25, 0.3) is 0 Å². The second-order valence-corrected chi connectivity index (χ2v) is 12.0. The lowest BCUT2D eigenvalue weighted by molar-refractivity contribution is 0.00578. The molecule has 1 aliphatic rings. The summed E-state index contributed by atoms with van der Waals surface area (Å²) in [6.07, 6.45) is 0. The highest BCUT2D eigenvalue weighted by Crippen LogP contribution is 2.37. The minimum absolute atomic E-state index is 0.153. The van der Waals surface area contributed by atoms with Crippen LogP contribution in [0, 0.1) is 0 Å². The summed E-state index contributed by atoms with van der Waals surface area (Å²) in [6, 6.07) is 20.5. The van der Waals surface area contributed by atoms with Crippen LogP contribution in [0.25, 0.3) is 43.8 Å². The Morgan fingerprint density at radius 3 is 1.60 bits per heavy atom. The number of hydrogen-bond donors (Lipinski definition) is 0. The maximum Gasteiger partial charge on any atom is 0.495 e. The topological polar surface area (TPSA) is 18.5 Å². The maximum atomic E-state index is 6.68. The Hall–Kier alpha value is -2.94. The van der Waals surface area contributed by atoms with E-state index in [1.54, 1.807) is 0 Å². The second-order valence-electron chi connectivity index (χ2n) is 12.0. The molecule has 1 heterocycles. The van der Waals surface area contributed by atoms with Crippen molar-refractivity contribution in [3.8, 4) is 22.3 Å². The number of benzene rings is 5. The van der Waals surface area contributed by atoms with Crippen LogP contribution in [0.3, 0.4) is 0 Å². The molecule has 1 fully saturated rings. The fourth-order valence-corrected chi connectivity index (χ4v) is 5.74. The van der Waals surface area contributed by atoms with E-state index in [9.17, 15) is 0 Å². The van der Waals surface area contributed by atoms with Crippen LogP contribution in [0.5, 0.6) is 0 Å². The zero-order valence-electron chi connectivity index (χ0n) is 24.2. The molecule has 0 saturated carbocycles. The molecule has 0 aliphatic carbocycles. The molecular weight excluding hydrogens is 503 g/mol. The summed E-state index contributed by atoms with van der Waals surface area (Å²) >= 11 is 0. The standard InChI is InChI=1S/C32H22B8O2/c1-31(2)32(3,4)42-40(41-31)20-8-6-5-7-19(20)17-11-9-16-14-18(12-10-15(16)13-17)21-24(33)22-23(26(35)25(21)34)28(37)30(39)29(38)27(22)36/h5-14H,1-4H3. The van der Waals surface area contributed by atoms with Crippen LogP contribution < -0.4 is 43.7 Å². The first-order valence-corrected chi connectivity index (χ1v) is 13.7. The molecule has 2 nitrogen and oxygen atoms in total. The van der Waals surface area contributed by atoms with Crippen LogP contribution in [-0.4, -0.2) is 73.2 Å². The normalized spacial score (nSPS) is 16.0. The predicted molar refractivity (Wildman–Crippen MR) is 186 cm³/mol. The van der Waals surface area contributed by atoms with Crippen molar-refractivity contribution in [2.45, 2.75) is 38.9 Å². The molecule has 10 heteroatoms. The van der Waals surface area contributed by atoms with Gasteiger partial charge in [-0.25, -0.2) is 0 Å². The van der Waals surface area contributed by atoms with Gasteiger partial charge in [0, 0.05) is 0 Å². The SMILES string of the molecule is [B]c1c([B])c([B])c2c([B])c(-c3ccc4cc(-c5ccccc5B5OC(C)(C)C(C)(C)O5)ccc4c3)c([B])c([B])c2c1[B]. The van der Waals surface area contributed by atoms with Crippen LogP contribution in [-0.2, 0) is 9.31 Å². The fourth-order valence-electron chi connectivity index (χ4n) is 5.74. The highest BCUT2D eigenvalue weighted by Gasteiger charge is 2.52. The summed E-state index contributed by atoms with van der Waals surface area (Å²) in [7, 11) is 44.0. The molecule has 186 valence electrons. The van der Waals surface area contributed by atoms with Gasteiger partial charge in [0.05, 0.1) is 11.2 Å². The summed E-state index contributed by atoms with van der Waals surface area (Å²) in [6.45, 7) is 8.22. The molecule has 6 rings (SSSR count). The fraction of sp³-hybridized carbons (Fsp3) is 0.188. The molecule has 1 saturated heterocycles. The highest BCUT2D eigenvalue weighted by molar-refractivity contribution is 6.72. The molecule has 0 N–H and O–H groups in total. The van der Waals surface area contributed by atoms with Crippen LogP contribution in [0.15, 0.2) is 60.7 Å². The summed E-state index contributed by atoms with van der Waals surface area (Å²) in [5.41, 5.74) is 5.15. The molecule has 0 amide bonds. The number of rotatable bonds is 3. The Kier molecular flexibility index (Phi) is 6.99. The monoisotopic (exact) mass is 526 g/mol. The van der Waals surface area contributed by atoms with Gasteiger partial charge in [-0.2, -0.15) is 0 Å². The van der Waals surface area contributed by atoms with Crippen molar-refractivity contribution >= 4 is 127 Å². The summed E-state index contributed by atoms with van der Waals surface area (Å²) in [5, 5.41) is 2.87. The molecule has 1 aliphatic heterocycles. The first-order chi connectivity index (χ1) is 19.7. The Morgan fingerprint density at radius 2 is 1.00 bits per heavy atom. The van der Waals surface area contributed by atoms with Crippen LogP contribution in [0.2, 0.25) is 0 Å². The summed E-state index contributed by atoms with van der Waals surface area (Å²) < 4.78 is 12.7. The lowest BCUT2D eigenvalue weighted by Gasteiger charge is -2.32. The quantitative estimate of drug-likeness (QED) is 0.287. The molecule has 0 atom stereocenters. The Morgan fingerprint density at radius 1 is 0.524 bits per heavy atom. The van der Waals surface area contributed by atoms with Crippen LogP contribution in [0.4, 0.5) is 0 Å². The zero-order chi connectivity index (χ0) is 30.3. The van der Waals surface area contributed by atoms with Crippen molar-refractivity contribution in [2.75, 3.05) is 0 Å². The third-order valence-corrected chi connectivity index (χ3v) is 8.93. The van der Waals surface area contributed by atoms with Gasteiger partial charge < -0.3 is 9.31 Å². The van der Waals surface area contributed by atoms with Crippen molar-refractivity contribution in [3.63, 3.8) is 0 Å². The Bertz CT molecular complexity index is 1920. The molecule has 0 spiro atoms. The minimum Gasteiger partial charge on any atom is -0.399 e. The van der Waals surface area contributed by atoms with E-state index in [4.69, 9.17) is 64.2 Å². The van der Waals surface area contributed by atoms with Gasteiger partial charge in [0.2, 0.25) is 0 Å². The average Bonchev–Trinajstić information content (AvgIpc) is 3.18. The van der Waals surface area contributed by atoms with Gasteiger partial charge in [-0.3, -0.25) is 0 Å². The van der Waals surface area contributed by atoms with Crippen molar-refractivity contribution in [2.24, 2.45) is 0 Å². The van der Waals surface area contributed by atoms with E-state index in [0.717, 1.165) is 32.9 Å². The van der Waals surface area contributed by atoms with E-state index in [0.29, 0.717) is 27.3 Å². The molecule has 0 aromatic heterocycles. The molecule has 0 unspecified atom stereocenters. The van der Waals surface area contributed by atoms with E-state index < -0.39 is 18.3 Å². The zero-order valence-corrected chi connectivity index (χ0v) is 24.2. The Labute approximate surface area is 257 Å². The lowest BCUT2D eigenvalue weighted by Crippen LogP contribution is -2.52. The Balaban J connectivity index is 1.46. The smallest absolute Gasteiger partial charge is 0.399 e. The van der Waals surface area contributed by atoms with Gasteiger partial charge in [0.15, 0.2) is 0 Å². The van der Waals surface area contributed by atoms with Crippen molar-refractivity contribution in [1.29, 1.82) is 0 Å². The van der Waals surface area contributed by atoms with Gasteiger partial charge in [-0.05, 0) is 89.1 Å². The van der Waals surface area contributed by atoms with E-state index in [1.165, 1.54) is 0 Å². The lowest BCUT2D eigenvalue weighted by atomic mass is 9.58. The average molecular weight is 525 g/mol. The molecule has 42 heavy (non-hydrogen) atoms. The first kappa shape index (κ1) is 29.1. The maximum absolute atomic E-state index is 6.68. The number of hydrogen-bond acceptors (Lipinski definition) is 2. The predicted octanol–water partition coefficient (Wildman–Crippen LogP) is -0.817. The highest BCUT2D eigenvalue weighted by atomic mass is 16.7. The van der Waals surface area contributed by atoms with Crippen LogP contribution >= 0.6 is 0 Å². The van der Waals surface area contributed by atoms with Crippen molar-refractivity contribution in [1.82, 2.24) is 0 Å². The molecular formula is C32H22B8O2. The summed E-state index contributed by atoms with van der Waals surface area (Å²) in [4.78, 5) is 0. The minimum atomic E-state index is -0.473. The van der Waals surface area contributed by atoms with Gasteiger partial charge in [0.1, 0.15) is 54.9 Å². The number of fused-ring (bicyclic) bond motifs is 2. The first-order valence-electron chi connectivity index (χ1n) is 13.7. The van der Waals surface area contributed by atoms with Crippen molar-refractivity contribution in [3.05, 3.63) is 60.7 Å². The van der Waals surface area contributed by atoms with E-state index in [-0.39, 0.29) is 27.3 Å².